The Morgan fingerprint density at radius 2 is 2.14 bits per heavy atom. The highest BCUT2D eigenvalue weighted by Gasteiger charge is 2.22. The molecule has 7 nitrogen and oxygen atoms in total. The third-order valence-electron chi connectivity index (χ3n) is 4.76. The topological polar surface area (TPSA) is 112 Å². The first-order chi connectivity index (χ1) is 14.0. The molecule has 1 atom stereocenters. The molecule has 1 aromatic carbocycles. The molecule has 1 aromatic heterocycles. The highest BCUT2D eigenvalue weighted by molar-refractivity contribution is 8.00. The van der Waals surface area contributed by atoms with Crippen LogP contribution in [0.15, 0.2) is 41.4 Å². The average Bonchev–Trinajstić information content (AvgIpc) is 2.72. The average molecular weight is 410 g/mol. The smallest absolute Gasteiger partial charge is 0.259 e. The molecule has 0 spiro atoms. The van der Waals surface area contributed by atoms with E-state index in [-0.39, 0.29) is 28.6 Å². The van der Waals surface area contributed by atoms with Gasteiger partial charge >= 0.3 is 0 Å². The molecule has 1 fully saturated rings. The Labute approximate surface area is 174 Å². The van der Waals surface area contributed by atoms with Gasteiger partial charge in [-0.15, -0.1) is 0 Å². The van der Waals surface area contributed by atoms with Gasteiger partial charge in [0.15, 0.2) is 0 Å². The van der Waals surface area contributed by atoms with E-state index in [2.05, 4.69) is 17.2 Å². The maximum absolute atomic E-state index is 12.5. The van der Waals surface area contributed by atoms with E-state index in [0.29, 0.717) is 16.6 Å². The number of nitrogens with one attached hydrogen (secondary N) is 1. The molecule has 1 saturated heterocycles. The highest BCUT2D eigenvalue weighted by Crippen LogP contribution is 2.26. The number of nitriles is 1. The van der Waals surface area contributed by atoms with Crippen LogP contribution in [0.25, 0.3) is 0 Å². The van der Waals surface area contributed by atoms with Crippen molar-refractivity contribution in [2.45, 2.75) is 24.8 Å². The van der Waals surface area contributed by atoms with Gasteiger partial charge in [-0.3, -0.25) is 9.59 Å². The number of amides is 2. The Balaban J connectivity index is 1.70. The van der Waals surface area contributed by atoms with Crippen molar-refractivity contribution in [3.8, 4) is 6.07 Å². The second kappa shape index (κ2) is 9.43. The van der Waals surface area contributed by atoms with Gasteiger partial charge in [-0.25, -0.2) is 4.98 Å². The Bertz CT molecular complexity index is 942. The third kappa shape index (κ3) is 5.27. The van der Waals surface area contributed by atoms with E-state index >= 15 is 0 Å². The number of anilines is 2. The van der Waals surface area contributed by atoms with Crippen molar-refractivity contribution >= 4 is 35.1 Å². The molecular formula is C21H23N5O2S. The van der Waals surface area contributed by atoms with Crippen molar-refractivity contribution in [3.63, 3.8) is 0 Å². The van der Waals surface area contributed by atoms with Crippen LogP contribution in [0.2, 0.25) is 0 Å². The van der Waals surface area contributed by atoms with Crippen molar-refractivity contribution in [2.75, 3.05) is 29.9 Å². The van der Waals surface area contributed by atoms with Crippen LogP contribution >= 0.6 is 11.8 Å². The number of carbonyl (C=O) groups is 2. The number of nitrogens with two attached hydrogens (primary N) is 1. The second-order valence-electron chi connectivity index (χ2n) is 7.08. The molecule has 0 aliphatic carbocycles. The molecule has 29 heavy (non-hydrogen) atoms. The fraction of sp³-hybridized carbons (Fsp3) is 0.333. The molecule has 1 unspecified atom stereocenters. The van der Waals surface area contributed by atoms with Gasteiger partial charge in [0.2, 0.25) is 5.91 Å². The fourth-order valence-electron chi connectivity index (χ4n) is 3.24. The van der Waals surface area contributed by atoms with E-state index in [1.165, 1.54) is 17.8 Å². The molecular weight excluding hydrogens is 386 g/mol. The van der Waals surface area contributed by atoms with Crippen LogP contribution in [-0.4, -0.2) is 40.5 Å². The van der Waals surface area contributed by atoms with Crippen LogP contribution in [-0.2, 0) is 4.79 Å². The lowest BCUT2D eigenvalue weighted by molar-refractivity contribution is -0.130. The van der Waals surface area contributed by atoms with Gasteiger partial charge in [-0.1, -0.05) is 36.9 Å². The van der Waals surface area contributed by atoms with Gasteiger partial charge in [-0.2, -0.15) is 5.26 Å². The number of thioether (sulfide) groups is 1. The van der Waals surface area contributed by atoms with Crippen molar-refractivity contribution in [2.24, 2.45) is 5.92 Å². The molecule has 2 aromatic rings. The number of rotatable bonds is 5. The number of nitrogen functional groups attached to an aromatic ring is 1. The zero-order valence-electron chi connectivity index (χ0n) is 16.2. The van der Waals surface area contributed by atoms with Gasteiger partial charge < -0.3 is 16.0 Å². The summed E-state index contributed by atoms with van der Waals surface area (Å²) in [6.45, 7) is 3.67. The van der Waals surface area contributed by atoms with Crippen LogP contribution < -0.4 is 11.1 Å². The van der Waals surface area contributed by atoms with E-state index in [9.17, 15) is 14.9 Å². The Hall–Kier alpha value is -3.05. The standard InChI is InChI=1S/C21H23N5O2S/c1-14-6-5-9-26(12-14)18(27)13-29-21-15(11-22)10-17(19(23)25-21)20(28)24-16-7-3-2-4-8-16/h2-4,7-8,10,14H,5-6,9,12-13H2,1H3,(H2,23,25)(H,24,28). The number of pyridine rings is 1. The molecule has 0 radical (unpaired) electrons. The minimum absolute atomic E-state index is 0.0247. The van der Waals surface area contributed by atoms with Crippen molar-refractivity contribution in [1.29, 1.82) is 5.26 Å². The summed E-state index contributed by atoms with van der Waals surface area (Å²) in [4.78, 5) is 31.1. The number of para-hydroxylation sites is 1. The van der Waals surface area contributed by atoms with Crippen LogP contribution in [0.4, 0.5) is 11.5 Å². The summed E-state index contributed by atoms with van der Waals surface area (Å²) >= 11 is 1.18. The van der Waals surface area contributed by atoms with Crippen LogP contribution in [0, 0.1) is 17.2 Å². The molecule has 3 rings (SSSR count). The molecule has 3 N–H and O–H groups in total. The first kappa shape index (κ1) is 20.7. The van der Waals surface area contributed by atoms with E-state index in [1.807, 2.05) is 17.0 Å². The van der Waals surface area contributed by atoms with Gasteiger partial charge in [0.05, 0.1) is 16.9 Å². The maximum Gasteiger partial charge on any atom is 0.259 e. The highest BCUT2D eigenvalue weighted by atomic mass is 32.2. The Morgan fingerprint density at radius 3 is 2.83 bits per heavy atom. The predicted molar refractivity (Wildman–Crippen MR) is 113 cm³/mol. The number of piperidine rings is 1. The molecule has 2 amide bonds. The minimum atomic E-state index is -0.437. The largest absolute Gasteiger partial charge is 0.383 e. The van der Waals surface area contributed by atoms with Crippen molar-refractivity contribution in [1.82, 2.24) is 9.88 Å². The number of nitrogens with zero attached hydrogens (tertiary/aromatic N) is 3. The number of hydrogen-bond acceptors (Lipinski definition) is 6. The summed E-state index contributed by atoms with van der Waals surface area (Å²) < 4.78 is 0. The second-order valence-corrected chi connectivity index (χ2v) is 8.05. The van der Waals surface area contributed by atoms with Crippen molar-refractivity contribution < 1.29 is 9.59 Å². The molecule has 150 valence electrons. The number of benzene rings is 1. The lowest BCUT2D eigenvalue weighted by atomic mass is 10.0. The van der Waals surface area contributed by atoms with Gasteiger partial charge in [0.25, 0.3) is 5.91 Å². The molecule has 2 heterocycles. The SMILES string of the molecule is CC1CCCN(C(=O)CSc2nc(N)c(C(=O)Nc3ccccc3)cc2C#N)C1. The van der Waals surface area contributed by atoms with E-state index < -0.39 is 5.91 Å². The van der Waals surface area contributed by atoms with Gasteiger partial charge in [0.1, 0.15) is 16.9 Å². The third-order valence-corrected chi connectivity index (χ3v) is 5.73. The summed E-state index contributed by atoms with van der Waals surface area (Å²) in [6.07, 6.45) is 2.15. The summed E-state index contributed by atoms with van der Waals surface area (Å²) in [5.74, 6) is 0.301. The van der Waals surface area contributed by atoms with E-state index in [0.717, 1.165) is 25.9 Å². The monoisotopic (exact) mass is 409 g/mol. The number of carbonyl (C=O) groups excluding carboxylic acids is 2. The van der Waals surface area contributed by atoms with Gasteiger partial charge in [0, 0.05) is 18.8 Å². The normalized spacial score (nSPS) is 16.1. The van der Waals surface area contributed by atoms with Crippen LogP contribution in [0.1, 0.15) is 35.7 Å². The van der Waals surface area contributed by atoms with E-state index in [4.69, 9.17) is 5.73 Å². The minimum Gasteiger partial charge on any atom is -0.383 e. The lowest BCUT2D eigenvalue weighted by Gasteiger charge is -2.30. The molecule has 8 heteroatoms. The Morgan fingerprint density at radius 1 is 1.38 bits per heavy atom. The predicted octanol–water partition coefficient (Wildman–Crippen LogP) is 3.14. The molecule has 1 aliphatic rings. The first-order valence-corrected chi connectivity index (χ1v) is 10.4. The van der Waals surface area contributed by atoms with Crippen LogP contribution in [0.5, 0.6) is 0 Å². The number of likely N-dealkylation sites (tertiary alicyclic amines) is 1. The maximum atomic E-state index is 12.5. The summed E-state index contributed by atoms with van der Waals surface area (Å²) in [5, 5.41) is 12.6. The lowest BCUT2D eigenvalue weighted by Crippen LogP contribution is -2.40. The van der Waals surface area contributed by atoms with Crippen molar-refractivity contribution in [3.05, 3.63) is 47.5 Å². The quantitative estimate of drug-likeness (QED) is 0.734. The van der Waals surface area contributed by atoms with E-state index in [1.54, 1.807) is 24.3 Å². The first-order valence-electron chi connectivity index (χ1n) is 9.45. The van der Waals surface area contributed by atoms with Gasteiger partial charge in [-0.05, 0) is 37.0 Å². The summed E-state index contributed by atoms with van der Waals surface area (Å²) in [6, 6.07) is 12.4. The summed E-state index contributed by atoms with van der Waals surface area (Å²) in [5.41, 5.74) is 6.95. The zero-order valence-corrected chi connectivity index (χ0v) is 17.0. The summed E-state index contributed by atoms with van der Waals surface area (Å²) in [7, 11) is 0. The number of hydrogen-bond donors (Lipinski definition) is 2. The van der Waals surface area contributed by atoms with Crippen LogP contribution in [0.3, 0.4) is 0 Å². The number of aromatic nitrogens is 1. The fourth-order valence-corrected chi connectivity index (χ4v) is 4.10. The Kier molecular flexibility index (Phi) is 6.73. The molecule has 0 saturated carbocycles. The molecule has 1 aliphatic heterocycles. The molecule has 0 bridgehead atoms. The zero-order chi connectivity index (χ0) is 20.8.